The highest BCUT2D eigenvalue weighted by molar-refractivity contribution is 6.19. The maximum Gasteiger partial charge on any atom is 0.164 e. The number of fused-ring (bicyclic) bond motifs is 7. The monoisotopic (exact) mass is 625 g/mol. The third-order valence-corrected chi connectivity index (χ3v) is 9.48. The second-order valence-electron chi connectivity index (χ2n) is 12.5. The van der Waals surface area contributed by atoms with Crippen LogP contribution in [0, 0.1) is 0 Å². The summed E-state index contributed by atoms with van der Waals surface area (Å²) in [6.45, 7) is 0. The predicted octanol–water partition coefficient (Wildman–Crippen LogP) is 11.9. The highest BCUT2D eigenvalue weighted by Crippen LogP contribution is 2.41. The second kappa shape index (κ2) is 11.0. The van der Waals surface area contributed by atoms with Gasteiger partial charge in [-0.15, -0.1) is 0 Å². The first-order valence-corrected chi connectivity index (χ1v) is 16.4. The van der Waals surface area contributed by atoms with Gasteiger partial charge < -0.3 is 4.42 Å². The Balaban J connectivity index is 1.27. The zero-order chi connectivity index (χ0) is 32.3. The molecule has 0 aliphatic heterocycles. The lowest BCUT2D eigenvalue weighted by atomic mass is 9.94. The van der Waals surface area contributed by atoms with Crippen LogP contribution in [0.25, 0.3) is 99.5 Å². The Labute approximate surface area is 282 Å². The Morgan fingerprint density at radius 2 is 0.898 bits per heavy atom. The molecule has 49 heavy (non-hydrogen) atoms. The van der Waals surface area contributed by atoms with Crippen molar-refractivity contribution in [3.8, 4) is 45.3 Å². The molecule has 0 N–H and O–H groups in total. The normalized spacial score (nSPS) is 11.7. The molecule has 0 fully saturated rings. The van der Waals surface area contributed by atoms with Gasteiger partial charge in [0, 0.05) is 32.8 Å². The first-order chi connectivity index (χ1) is 24.2. The number of benzene rings is 8. The molecule has 0 unspecified atom stereocenters. The number of para-hydroxylation sites is 1. The van der Waals surface area contributed by atoms with Gasteiger partial charge in [-0.2, -0.15) is 0 Å². The topological polar surface area (TPSA) is 51.8 Å². The maximum absolute atomic E-state index is 6.53. The number of aromatic nitrogens is 3. The van der Waals surface area contributed by atoms with E-state index in [4.69, 9.17) is 19.4 Å². The van der Waals surface area contributed by atoms with Crippen LogP contribution >= 0.6 is 0 Å². The molecule has 0 aliphatic rings. The zero-order valence-electron chi connectivity index (χ0n) is 26.3. The van der Waals surface area contributed by atoms with E-state index in [1.807, 2.05) is 42.5 Å². The Hall–Kier alpha value is -6.65. The van der Waals surface area contributed by atoms with Gasteiger partial charge in [0.2, 0.25) is 0 Å². The number of nitrogens with zero attached hydrogens (tertiary/aromatic N) is 3. The molecule has 0 bridgehead atoms. The van der Waals surface area contributed by atoms with E-state index in [1.165, 1.54) is 16.2 Å². The SMILES string of the molecule is c1ccc(-c2nc(-c3ccc4ccccc4c3)nc(-c3cc4c5ccccc5oc4c4ccc(-c5ccc6ccccc6c5)cc34)n2)cc1. The molecular formula is C45H27N3O. The minimum absolute atomic E-state index is 0.616. The van der Waals surface area contributed by atoms with Crippen LogP contribution < -0.4 is 0 Å². The van der Waals surface area contributed by atoms with Gasteiger partial charge in [-0.3, -0.25) is 0 Å². The highest BCUT2D eigenvalue weighted by Gasteiger charge is 2.20. The average molecular weight is 626 g/mol. The van der Waals surface area contributed by atoms with Gasteiger partial charge in [0.1, 0.15) is 11.2 Å². The van der Waals surface area contributed by atoms with Crippen molar-refractivity contribution in [2.24, 2.45) is 0 Å². The maximum atomic E-state index is 6.53. The van der Waals surface area contributed by atoms with Crippen LogP contribution in [0.5, 0.6) is 0 Å². The lowest BCUT2D eigenvalue weighted by Gasteiger charge is -2.13. The fourth-order valence-electron chi connectivity index (χ4n) is 7.00. The lowest BCUT2D eigenvalue weighted by molar-refractivity contribution is 0.672. The molecule has 0 amide bonds. The Kier molecular flexibility index (Phi) is 6.15. The Morgan fingerprint density at radius 3 is 1.67 bits per heavy atom. The van der Waals surface area contributed by atoms with Crippen LogP contribution in [0.15, 0.2) is 168 Å². The van der Waals surface area contributed by atoms with E-state index in [1.54, 1.807) is 0 Å². The van der Waals surface area contributed by atoms with Crippen molar-refractivity contribution in [2.75, 3.05) is 0 Å². The molecule has 4 nitrogen and oxygen atoms in total. The van der Waals surface area contributed by atoms with Crippen molar-refractivity contribution < 1.29 is 4.42 Å². The van der Waals surface area contributed by atoms with Gasteiger partial charge in [0.05, 0.1) is 0 Å². The van der Waals surface area contributed by atoms with Gasteiger partial charge in [-0.25, -0.2) is 15.0 Å². The first-order valence-electron chi connectivity index (χ1n) is 16.4. The van der Waals surface area contributed by atoms with Crippen molar-refractivity contribution in [3.05, 3.63) is 164 Å². The Morgan fingerprint density at radius 1 is 0.327 bits per heavy atom. The van der Waals surface area contributed by atoms with Gasteiger partial charge in [-0.05, 0) is 74.5 Å². The molecule has 8 aromatic carbocycles. The Bertz CT molecular complexity index is 2890. The van der Waals surface area contributed by atoms with Gasteiger partial charge in [-0.1, -0.05) is 127 Å². The second-order valence-corrected chi connectivity index (χ2v) is 12.5. The van der Waals surface area contributed by atoms with Crippen LogP contribution in [-0.2, 0) is 0 Å². The van der Waals surface area contributed by atoms with Crippen LogP contribution in [-0.4, -0.2) is 15.0 Å². The zero-order valence-corrected chi connectivity index (χ0v) is 26.3. The molecule has 0 saturated carbocycles. The standard InChI is InChI=1S/C45H27N3O/c1-2-12-30(13-3-1)43-46-44(35-21-19-29-11-5-7-15-32(29)25-35)48-45(47-43)40-27-39-36-16-8-9-17-41(36)49-42(39)37-23-22-34(26-38(37)40)33-20-18-28-10-4-6-14-31(28)24-33/h1-27H. The van der Waals surface area contributed by atoms with Crippen molar-refractivity contribution in [1.29, 1.82) is 0 Å². The molecule has 0 radical (unpaired) electrons. The van der Waals surface area contributed by atoms with E-state index in [0.717, 1.165) is 65.9 Å². The van der Waals surface area contributed by atoms with E-state index in [-0.39, 0.29) is 0 Å². The highest BCUT2D eigenvalue weighted by atomic mass is 16.3. The largest absolute Gasteiger partial charge is 0.455 e. The molecule has 228 valence electrons. The minimum Gasteiger partial charge on any atom is -0.455 e. The fourth-order valence-corrected chi connectivity index (χ4v) is 7.00. The van der Waals surface area contributed by atoms with Crippen molar-refractivity contribution in [2.45, 2.75) is 0 Å². The van der Waals surface area contributed by atoms with Crippen LogP contribution in [0.2, 0.25) is 0 Å². The van der Waals surface area contributed by atoms with E-state index in [2.05, 4.69) is 121 Å². The van der Waals surface area contributed by atoms with Gasteiger partial charge in [0.25, 0.3) is 0 Å². The first kappa shape index (κ1) is 27.5. The van der Waals surface area contributed by atoms with Crippen molar-refractivity contribution in [1.82, 2.24) is 15.0 Å². The summed E-state index contributed by atoms with van der Waals surface area (Å²) in [5.41, 5.74) is 6.78. The third kappa shape index (κ3) is 4.65. The lowest BCUT2D eigenvalue weighted by Crippen LogP contribution is -2.00. The fraction of sp³-hybridized carbons (Fsp3) is 0. The van der Waals surface area contributed by atoms with E-state index >= 15 is 0 Å². The van der Waals surface area contributed by atoms with Crippen LogP contribution in [0.3, 0.4) is 0 Å². The molecular weight excluding hydrogens is 599 g/mol. The molecule has 10 rings (SSSR count). The third-order valence-electron chi connectivity index (χ3n) is 9.48. The van der Waals surface area contributed by atoms with Crippen LogP contribution in [0.4, 0.5) is 0 Å². The van der Waals surface area contributed by atoms with Gasteiger partial charge in [0.15, 0.2) is 17.5 Å². The molecule has 0 spiro atoms. The predicted molar refractivity (Wildman–Crippen MR) is 201 cm³/mol. The molecule has 10 aromatic rings. The summed E-state index contributed by atoms with van der Waals surface area (Å²) >= 11 is 0. The van der Waals surface area contributed by atoms with Gasteiger partial charge >= 0.3 is 0 Å². The minimum atomic E-state index is 0.616. The van der Waals surface area contributed by atoms with E-state index in [9.17, 15) is 0 Å². The quantitative estimate of drug-likeness (QED) is 0.195. The smallest absolute Gasteiger partial charge is 0.164 e. The molecule has 0 aliphatic carbocycles. The molecule has 0 atom stereocenters. The summed E-state index contributed by atoms with van der Waals surface area (Å²) in [6.07, 6.45) is 0. The molecule has 0 saturated heterocycles. The summed E-state index contributed by atoms with van der Waals surface area (Å²) in [6, 6.07) is 57.0. The van der Waals surface area contributed by atoms with E-state index < -0.39 is 0 Å². The summed E-state index contributed by atoms with van der Waals surface area (Å²) in [4.78, 5) is 15.4. The molecule has 4 heteroatoms. The van der Waals surface area contributed by atoms with Crippen molar-refractivity contribution >= 4 is 54.3 Å². The van der Waals surface area contributed by atoms with Crippen LogP contribution in [0.1, 0.15) is 0 Å². The number of hydrogen-bond donors (Lipinski definition) is 0. The average Bonchev–Trinajstić information content (AvgIpc) is 3.56. The summed E-state index contributed by atoms with van der Waals surface area (Å²) < 4.78 is 6.53. The molecule has 2 heterocycles. The van der Waals surface area contributed by atoms with E-state index in [0.29, 0.717) is 17.5 Å². The summed E-state index contributed by atoms with van der Waals surface area (Å²) in [5, 5.41) is 8.87. The number of hydrogen-bond acceptors (Lipinski definition) is 4. The summed E-state index contributed by atoms with van der Waals surface area (Å²) in [5.74, 6) is 1.88. The number of furan rings is 1. The molecule has 2 aromatic heterocycles. The number of rotatable bonds is 4. The van der Waals surface area contributed by atoms with Crippen molar-refractivity contribution in [3.63, 3.8) is 0 Å². The summed E-state index contributed by atoms with van der Waals surface area (Å²) in [7, 11) is 0.